The van der Waals surface area contributed by atoms with Crippen LogP contribution >= 0.6 is 0 Å². The van der Waals surface area contributed by atoms with Crippen molar-refractivity contribution >= 4 is 5.97 Å². The van der Waals surface area contributed by atoms with Crippen LogP contribution in [0, 0.1) is 6.92 Å². The lowest BCUT2D eigenvalue weighted by Gasteiger charge is -2.23. The summed E-state index contributed by atoms with van der Waals surface area (Å²) in [4.78, 5) is 16.9. The molecule has 0 bridgehead atoms. The molecule has 2 aromatic rings. The average molecular weight is 310 g/mol. The van der Waals surface area contributed by atoms with Gasteiger partial charge in [0.15, 0.2) is 6.29 Å². The molecule has 23 heavy (non-hydrogen) atoms. The van der Waals surface area contributed by atoms with Gasteiger partial charge in [-0.25, -0.2) is 9.78 Å². The summed E-state index contributed by atoms with van der Waals surface area (Å²) in [6.45, 7) is 2.68. The molecule has 3 rings (SSSR count). The van der Waals surface area contributed by atoms with Crippen molar-refractivity contribution < 1.29 is 9.90 Å². The lowest BCUT2D eigenvalue weighted by atomic mass is 9.98. The van der Waals surface area contributed by atoms with Crippen LogP contribution in [0.3, 0.4) is 0 Å². The first-order chi connectivity index (χ1) is 11.0. The maximum atomic E-state index is 10.9. The summed E-state index contributed by atoms with van der Waals surface area (Å²) in [5.74, 6) is -1.03. The number of benzene rings is 1. The molecule has 1 atom stereocenters. The topological polar surface area (TPSA) is 91.5 Å². The molecular formula is C17H18N4O2. The molecule has 0 radical (unpaired) electrons. The maximum Gasteiger partial charge on any atom is 0.354 e. The van der Waals surface area contributed by atoms with E-state index in [-0.39, 0.29) is 12.0 Å². The quantitative estimate of drug-likeness (QED) is 0.798. The van der Waals surface area contributed by atoms with Crippen molar-refractivity contribution in [3.63, 3.8) is 0 Å². The van der Waals surface area contributed by atoms with E-state index >= 15 is 0 Å². The third-order valence-corrected chi connectivity index (χ3v) is 3.80. The number of aryl methyl sites for hydroxylation is 1. The van der Waals surface area contributed by atoms with E-state index in [9.17, 15) is 4.79 Å². The molecule has 1 aromatic heterocycles. The summed E-state index contributed by atoms with van der Waals surface area (Å²) in [7, 11) is 0. The highest BCUT2D eigenvalue weighted by molar-refractivity contribution is 5.85. The first kappa shape index (κ1) is 15.1. The van der Waals surface area contributed by atoms with Crippen LogP contribution in [0.2, 0.25) is 0 Å². The molecule has 1 aliphatic rings. The van der Waals surface area contributed by atoms with E-state index in [1.165, 1.54) is 6.07 Å². The third-order valence-electron chi connectivity index (χ3n) is 3.80. The monoisotopic (exact) mass is 310 g/mol. The number of nitrogens with zero attached hydrogens (tertiary/aromatic N) is 2. The van der Waals surface area contributed by atoms with Crippen molar-refractivity contribution in [1.82, 2.24) is 15.2 Å². The van der Waals surface area contributed by atoms with Crippen LogP contribution in [-0.4, -0.2) is 27.2 Å². The summed E-state index contributed by atoms with van der Waals surface area (Å²) in [5, 5.41) is 12.0. The molecule has 1 unspecified atom stereocenters. The molecule has 0 saturated heterocycles. The molecule has 1 aliphatic heterocycles. The Morgan fingerprint density at radius 2 is 2.22 bits per heavy atom. The number of rotatable bonds is 4. The molecule has 6 heteroatoms. The number of carbonyl (C=O) groups is 1. The van der Waals surface area contributed by atoms with Gasteiger partial charge in [0, 0.05) is 30.7 Å². The normalized spacial score (nSPS) is 16.4. The van der Waals surface area contributed by atoms with E-state index < -0.39 is 5.97 Å². The Hall–Kier alpha value is -2.86. The first-order valence-electron chi connectivity index (χ1n) is 7.28. The lowest BCUT2D eigenvalue weighted by Crippen LogP contribution is -2.42. The van der Waals surface area contributed by atoms with Crippen molar-refractivity contribution in [3.05, 3.63) is 65.7 Å². The van der Waals surface area contributed by atoms with Crippen LogP contribution in [0.15, 0.2) is 48.9 Å². The van der Waals surface area contributed by atoms with Gasteiger partial charge in [-0.2, -0.15) is 0 Å². The standard InChI is InChI=1S/C17H18N4O2/c1-11-2-3-13(10-21-7-6-19-17(21)18)14(8-11)12-4-5-15(16(22)23)20-9-12/h2-9,17,19H,10,18H2,1H3,(H,22,23). The number of aromatic carboxylic acids is 1. The van der Waals surface area contributed by atoms with Gasteiger partial charge < -0.3 is 15.3 Å². The highest BCUT2D eigenvalue weighted by atomic mass is 16.4. The smallest absolute Gasteiger partial charge is 0.354 e. The molecule has 0 fully saturated rings. The molecule has 0 amide bonds. The fourth-order valence-corrected chi connectivity index (χ4v) is 2.55. The summed E-state index contributed by atoms with van der Waals surface area (Å²) < 4.78 is 0. The molecule has 1 aromatic carbocycles. The number of carboxylic acid groups (broad SMARTS) is 1. The van der Waals surface area contributed by atoms with Crippen LogP contribution < -0.4 is 11.1 Å². The van der Waals surface area contributed by atoms with E-state index in [4.69, 9.17) is 10.8 Å². The Bertz CT molecular complexity index is 756. The van der Waals surface area contributed by atoms with Gasteiger partial charge in [-0.15, -0.1) is 0 Å². The number of hydrogen-bond acceptors (Lipinski definition) is 5. The molecule has 118 valence electrons. The van der Waals surface area contributed by atoms with E-state index in [1.807, 2.05) is 24.2 Å². The highest BCUT2D eigenvalue weighted by Gasteiger charge is 2.16. The second-order valence-corrected chi connectivity index (χ2v) is 5.50. The number of pyridine rings is 1. The van der Waals surface area contributed by atoms with Gasteiger partial charge >= 0.3 is 5.97 Å². The summed E-state index contributed by atoms with van der Waals surface area (Å²) in [6.07, 6.45) is 5.10. The molecule has 6 nitrogen and oxygen atoms in total. The molecular weight excluding hydrogens is 292 g/mol. The van der Waals surface area contributed by atoms with E-state index in [2.05, 4.69) is 28.5 Å². The zero-order valence-corrected chi connectivity index (χ0v) is 12.7. The van der Waals surface area contributed by atoms with Gasteiger partial charge in [-0.1, -0.05) is 29.8 Å². The van der Waals surface area contributed by atoms with Crippen LogP contribution in [0.4, 0.5) is 0 Å². The van der Waals surface area contributed by atoms with Crippen molar-refractivity contribution in [3.8, 4) is 11.1 Å². The molecule has 0 saturated carbocycles. The van der Waals surface area contributed by atoms with Crippen molar-refractivity contribution in [1.29, 1.82) is 0 Å². The largest absolute Gasteiger partial charge is 0.477 e. The Kier molecular flexibility index (Phi) is 3.99. The van der Waals surface area contributed by atoms with Crippen LogP contribution in [0.25, 0.3) is 11.1 Å². The number of nitrogens with two attached hydrogens (primary N) is 1. The summed E-state index contributed by atoms with van der Waals surface area (Å²) >= 11 is 0. The Labute approximate surface area is 134 Å². The zero-order chi connectivity index (χ0) is 16.4. The van der Waals surface area contributed by atoms with Gasteiger partial charge in [0.1, 0.15) is 5.69 Å². The van der Waals surface area contributed by atoms with Crippen molar-refractivity contribution in [2.45, 2.75) is 19.8 Å². The van der Waals surface area contributed by atoms with Gasteiger partial charge in [-0.05, 0) is 24.1 Å². The van der Waals surface area contributed by atoms with E-state index in [0.29, 0.717) is 6.54 Å². The van der Waals surface area contributed by atoms with Crippen LogP contribution in [-0.2, 0) is 6.54 Å². The van der Waals surface area contributed by atoms with Crippen molar-refractivity contribution in [2.24, 2.45) is 5.73 Å². The first-order valence-corrected chi connectivity index (χ1v) is 7.28. The minimum Gasteiger partial charge on any atom is -0.477 e. The Morgan fingerprint density at radius 1 is 1.39 bits per heavy atom. The number of aromatic nitrogens is 1. The van der Waals surface area contributed by atoms with Gasteiger partial charge in [0.05, 0.1) is 0 Å². The van der Waals surface area contributed by atoms with Gasteiger partial charge in [0.25, 0.3) is 0 Å². The van der Waals surface area contributed by atoms with Crippen LogP contribution in [0.1, 0.15) is 21.6 Å². The zero-order valence-electron chi connectivity index (χ0n) is 12.7. The third kappa shape index (κ3) is 3.17. The minimum atomic E-state index is -1.03. The fraction of sp³-hybridized carbons (Fsp3) is 0.176. The second kappa shape index (κ2) is 6.10. The fourth-order valence-electron chi connectivity index (χ4n) is 2.55. The van der Waals surface area contributed by atoms with E-state index in [1.54, 1.807) is 12.3 Å². The molecule has 0 aliphatic carbocycles. The highest BCUT2D eigenvalue weighted by Crippen LogP contribution is 2.26. The van der Waals surface area contributed by atoms with E-state index in [0.717, 1.165) is 22.3 Å². The number of carboxylic acids is 1. The molecule has 0 spiro atoms. The van der Waals surface area contributed by atoms with Gasteiger partial charge in [-0.3, -0.25) is 5.73 Å². The van der Waals surface area contributed by atoms with Gasteiger partial charge in [0.2, 0.25) is 0 Å². The number of hydrogen-bond donors (Lipinski definition) is 3. The predicted octanol–water partition coefficient (Wildman–Crippen LogP) is 1.87. The Balaban J connectivity index is 1.95. The maximum absolute atomic E-state index is 10.9. The lowest BCUT2D eigenvalue weighted by molar-refractivity contribution is 0.0690. The second-order valence-electron chi connectivity index (χ2n) is 5.50. The SMILES string of the molecule is Cc1ccc(CN2C=CNC2N)c(-c2ccc(C(=O)O)nc2)c1. The minimum absolute atomic E-state index is 0.0386. The summed E-state index contributed by atoms with van der Waals surface area (Å²) in [6, 6.07) is 9.50. The predicted molar refractivity (Wildman–Crippen MR) is 87.2 cm³/mol. The number of nitrogens with one attached hydrogen (secondary N) is 1. The summed E-state index contributed by atoms with van der Waals surface area (Å²) in [5.41, 5.74) is 10.2. The average Bonchev–Trinajstić information content (AvgIpc) is 2.94. The van der Waals surface area contributed by atoms with Crippen molar-refractivity contribution in [2.75, 3.05) is 0 Å². The molecule has 4 N–H and O–H groups in total. The Morgan fingerprint density at radius 3 is 2.83 bits per heavy atom. The van der Waals surface area contributed by atoms with Crippen LogP contribution in [0.5, 0.6) is 0 Å². The molecule has 2 heterocycles.